The van der Waals surface area contributed by atoms with Crippen LogP contribution < -0.4 is 10.2 Å². The predicted octanol–water partition coefficient (Wildman–Crippen LogP) is 3.45. The van der Waals surface area contributed by atoms with Gasteiger partial charge < -0.3 is 10.2 Å². The highest BCUT2D eigenvalue weighted by Crippen LogP contribution is 2.24. The highest BCUT2D eigenvalue weighted by molar-refractivity contribution is 9.10. The molecule has 4 nitrogen and oxygen atoms in total. The van der Waals surface area contributed by atoms with E-state index in [-0.39, 0.29) is 5.82 Å². The fraction of sp³-hybridized carbons (Fsp3) is 0.286. The molecule has 0 fully saturated rings. The average Bonchev–Trinajstić information content (AvgIpc) is 2.43. The van der Waals surface area contributed by atoms with Crippen LogP contribution >= 0.6 is 15.9 Å². The number of nitrogens with zero attached hydrogens (tertiary/aromatic N) is 3. The average molecular weight is 339 g/mol. The topological polar surface area (TPSA) is 41.1 Å². The number of nitrogens with one attached hydrogen (secondary N) is 1. The highest BCUT2D eigenvalue weighted by atomic mass is 79.9. The van der Waals surface area contributed by atoms with Crippen LogP contribution in [0.4, 0.5) is 16.2 Å². The van der Waals surface area contributed by atoms with Gasteiger partial charge in [-0.3, -0.25) is 0 Å². The van der Waals surface area contributed by atoms with Gasteiger partial charge in [-0.05, 0) is 40.5 Å². The molecular formula is C14H16BrFN4. The molecule has 1 N–H and O–H groups in total. The molecule has 1 heterocycles. The molecule has 0 aliphatic carbocycles. The van der Waals surface area contributed by atoms with Crippen molar-refractivity contribution in [2.24, 2.45) is 0 Å². The zero-order chi connectivity index (χ0) is 14.5. The van der Waals surface area contributed by atoms with E-state index in [1.54, 1.807) is 18.3 Å². The minimum Gasteiger partial charge on any atom is -0.354 e. The molecule has 0 bridgehead atoms. The molecule has 1 aromatic carbocycles. The number of aromatic nitrogens is 2. The second kappa shape index (κ2) is 6.65. The molecule has 2 rings (SSSR count). The first-order valence-corrected chi connectivity index (χ1v) is 7.11. The first kappa shape index (κ1) is 14.7. The van der Waals surface area contributed by atoms with Gasteiger partial charge in [0.15, 0.2) is 0 Å². The van der Waals surface area contributed by atoms with Crippen LogP contribution in [0.1, 0.15) is 12.5 Å². The van der Waals surface area contributed by atoms with Gasteiger partial charge in [0.25, 0.3) is 0 Å². The summed E-state index contributed by atoms with van der Waals surface area (Å²) in [6, 6.07) is 6.46. The Balaban J connectivity index is 2.17. The van der Waals surface area contributed by atoms with Gasteiger partial charge in [-0.25, -0.2) is 9.37 Å². The number of benzene rings is 1. The van der Waals surface area contributed by atoms with Crippen LogP contribution in [0.15, 0.2) is 34.9 Å². The van der Waals surface area contributed by atoms with Crippen molar-refractivity contribution in [3.8, 4) is 0 Å². The van der Waals surface area contributed by atoms with Crippen molar-refractivity contribution >= 4 is 27.7 Å². The maximum atomic E-state index is 12.9. The lowest BCUT2D eigenvalue weighted by molar-refractivity contribution is 0.627. The van der Waals surface area contributed by atoms with Crippen LogP contribution in [0, 0.1) is 5.82 Å². The van der Waals surface area contributed by atoms with Crippen molar-refractivity contribution in [3.63, 3.8) is 0 Å². The van der Waals surface area contributed by atoms with Gasteiger partial charge in [0.2, 0.25) is 5.95 Å². The third kappa shape index (κ3) is 3.66. The van der Waals surface area contributed by atoms with Crippen LogP contribution in [-0.4, -0.2) is 23.6 Å². The van der Waals surface area contributed by atoms with Gasteiger partial charge in [0.1, 0.15) is 11.6 Å². The molecule has 0 radical (unpaired) electrons. The summed E-state index contributed by atoms with van der Waals surface area (Å²) in [6.07, 6.45) is 1.72. The Kier molecular flexibility index (Phi) is 4.89. The van der Waals surface area contributed by atoms with Crippen LogP contribution in [0.2, 0.25) is 0 Å². The fourth-order valence-corrected chi connectivity index (χ4v) is 2.30. The summed E-state index contributed by atoms with van der Waals surface area (Å²) >= 11 is 3.45. The predicted molar refractivity (Wildman–Crippen MR) is 82.4 cm³/mol. The second-order valence-corrected chi connectivity index (χ2v) is 5.23. The molecule has 0 spiro atoms. The number of halogens is 2. The van der Waals surface area contributed by atoms with E-state index in [4.69, 9.17) is 0 Å². The summed E-state index contributed by atoms with van der Waals surface area (Å²) in [5.41, 5.74) is 1.02. The molecule has 0 saturated heterocycles. The van der Waals surface area contributed by atoms with E-state index in [2.05, 4.69) is 31.2 Å². The molecule has 0 unspecified atom stereocenters. The van der Waals surface area contributed by atoms with E-state index in [0.29, 0.717) is 12.5 Å². The Morgan fingerprint density at radius 2 is 2.00 bits per heavy atom. The normalized spacial score (nSPS) is 10.4. The van der Waals surface area contributed by atoms with Crippen LogP contribution in [0.25, 0.3) is 0 Å². The van der Waals surface area contributed by atoms with Gasteiger partial charge in [-0.2, -0.15) is 4.98 Å². The lowest BCUT2D eigenvalue weighted by atomic mass is 10.2. The summed E-state index contributed by atoms with van der Waals surface area (Å²) in [5.74, 6) is 1.16. The Bertz CT molecular complexity index is 574. The molecule has 20 heavy (non-hydrogen) atoms. The minimum atomic E-state index is -0.228. The van der Waals surface area contributed by atoms with Crippen molar-refractivity contribution in [1.29, 1.82) is 0 Å². The van der Waals surface area contributed by atoms with Gasteiger partial charge in [0, 0.05) is 26.3 Å². The molecule has 2 aromatic rings. The maximum absolute atomic E-state index is 12.9. The SMILES string of the molecule is CCNc1ncc(Br)c(N(C)Cc2ccc(F)cc2)n1. The smallest absolute Gasteiger partial charge is 0.224 e. The van der Waals surface area contributed by atoms with E-state index in [9.17, 15) is 4.39 Å². The van der Waals surface area contributed by atoms with Crippen molar-refractivity contribution in [1.82, 2.24) is 9.97 Å². The van der Waals surface area contributed by atoms with Gasteiger partial charge in [-0.1, -0.05) is 12.1 Å². The fourth-order valence-electron chi connectivity index (χ4n) is 1.81. The van der Waals surface area contributed by atoms with Crippen LogP contribution in [-0.2, 0) is 6.54 Å². The molecule has 0 aliphatic heterocycles. The molecule has 1 aromatic heterocycles. The molecular weight excluding hydrogens is 323 g/mol. The Labute approximate surface area is 126 Å². The van der Waals surface area contributed by atoms with E-state index in [1.165, 1.54) is 12.1 Å². The lowest BCUT2D eigenvalue weighted by Gasteiger charge is -2.20. The standard InChI is InChI=1S/C14H16BrFN4/c1-3-17-14-18-8-12(15)13(19-14)20(2)9-10-4-6-11(16)7-5-10/h4-8H,3,9H2,1-2H3,(H,17,18,19). The van der Waals surface area contributed by atoms with E-state index in [1.807, 2.05) is 18.9 Å². The molecule has 0 amide bonds. The zero-order valence-electron chi connectivity index (χ0n) is 11.4. The quantitative estimate of drug-likeness (QED) is 0.906. The molecule has 106 valence electrons. The maximum Gasteiger partial charge on any atom is 0.224 e. The van der Waals surface area contributed by atoms with E-state index >= 15 is 0 Å². The lowest BCUT2D eigenvalue weighted by Crippen LogP contribution is -2.19. The van der Waals surface area contributed by atoms with Crippen molar-refractivity contribution < 1.29 is 4.39 Å². The second-order valence-electron chi connectivity index (χ2n) is 4.38. The van der Waals surface area contributed by atoms with Gasteiger partial charge >= 0.3 is 0 Å². The first-order valence-electron chi connectivity index (χ1n) is 6.32. The van der Waals surface area contributed by atoms with Crippen molar-refractivity contribution in [2.45, 2.75) is 13.5 Å². The Hall–Kier alpha value is -1.69. The summed E-state index contributed by atoms with van der Waals surface area (Å²) < 4.78 is 13.7. The van der Waals surface area contributed by atoms with Gasteiger partial charge in [0.05, 0.1) is 4.47 Å². The molecule has 6 heteroatoms. The molecule has 0 aliphatic rings. The Morgan fingerprint density at radius 1 is 1.30 bits per heavy atom. The van der Waals surface area contributed by atoms with Crippen molar-refractivity contribution in [3.05, 3.63) is 46.3 Å². The number of hydrogen-bond donors (Lipinski definition) is 1. The van der Waals surface area contributed by atoms with Crippen molar-refractivity contribution in [2.75, 3.05) is 23.8 Å². The highest BCUT2D eigenvalue weighted by Gasteiger charge is 2.10. The van der Waals surface area contributed by atoms with Crippen LogP contribution in [0.3, 0.4) is 0 Å². The summed E-state index contributed by atoms with van der Waals surface area (Å²) in [7, 11) is 1.94. The molecule has 0 saturated carbocycles. The monoisotopic (exact) mass is 338 g/mol. The summed E-state index contributed by atoms with van der Waals surface area (Å²) in [6.45, 7) is 3.40. The van der Waals surface area contributed by atoms with E-state index < -0.39 is 0 Å². The van der Waals surface area contributed by atoms with Gasteiger partial charge in [-0.15, -0.1) is 0 Å². The van der Waals surface area contributed by atoms with Crippen LogP contribution in [0.5, 0.6) is 0 Å². The number of rotatable bonds is 5. The number of anilines is 2. The summed E-state index contributed by atoms with van der Waals surface area (Å²) in [4.78, 5) is 10.6. The molecule has 0 atom stereocenters. The third-order valence-electron chi connectivity index (χ3n) is 2.76. The third-order valence-corrected chi connectivity index (χ3v) is 3.31. The zero-order valence-corrected chi connectivity index (χ0v) is 13.0. The number of hydrogen-bond acceptors (Lipinski definition) is 4. The summed E-state index contributed by atoms with van der Waals surface area (Å²) in [5, 5.41) is 3.08. The minimum absolute atomic E-state index is 0.228. The first-order chi connectivity index (χ1) is 9.60. The van der Waals surface area contributed by atoms with E-state index in [0.717, 1.165) is 22.4 Å². The Morgan fingerprint density at radius 3 is 2.65 bits per heavy atom. The largest absolute Gasteiger partial charge is 0.354 e.